The van der Waals surface area contributed by atoms with Crippen LogP contribution in [0.2, 0.25) is 0 Å². The van der Waals surface area contributed by atoms with Crippen molar-refractivity contribution in [1.82, 2.24) is 4.98 Å². The Morgan fingerprint density at radius 3 is 2.88 bits per heavy atom. The third-order valence-corrected chi connectivity index (χ3v) is 4.16. The van der Waals surface area contributed by atoms with Gasteiger partial charge in [-0.1, -0.05) is 6.92 Å². The number of ether oxygens (including phenoxy) is 1. The van der Waals surface area contributed by atoms with Gasteiger partial charge in [0, 0.05) is 24.4 Å². The van der Waals surface area contributed by atoms with Crippen LogP contribution in [-0.4, -0.2) is 23.1 Å². The minimum atomic E-state index is 0.182. The van der Waals surface area contributed by atoms with E-state index in [4.69, 9.17) is 16.3 Å². The van der Waals surface area contributed by atoms with Crippen LogP contribution < -0.4 is 0 Å². The number of hydrogen-bond acceptors (Lipinski definition) is 2. The minimum absolute atomic E-state index is 0.182. The molecule has 1 aromatic heterocycles. The Balaban J connectivity index is 1.80. The highest BCUT2D eigenvalue weighted by Gasteiger charge is 2.20. The van der Waals surface area contributed by atoms with Gasteiger partial charge in [0.05, 0.1) is 6.10 Å². The molecule has 2 rings (SSSR count). The molecule has 1 saturated heterocycles. The average molecular weight is 254 g/mol. The van der Waals surface area contributed by atoms with E-state index in [9.17, 15) is 0 Å². The molecule has 0 bridgehead atoms. The van der Waals surface area contributed by atoms with Crippen molar-refractivity contribution in [3.63, 3.8) is 0 Å². The molecule has 1 aliphatic rings. The SMILES string of the molecule is CC(c1ccncc1)C(Cl)CCC1CCCO1. The van der Waals surface area contributed by atoms with Crippen LogP contribution in [0.15, 0.2) is 24.5 Å². The largest absolute Gasteiger partial charge is 0.378 e. The van der Waals surface area contributed by atoms with Gasteiger partial charge in [-0.05, 0) is 49.3 Å². The van der Waals surface area contributed by atoms with Crippen LogP contribution >= 0.6 is 11.6 Å². The molecule has 0 spiro atoms. The van der Waals surface area contributed by atoms with Gasteiger partial charge in [-0.3, -0.25) is 4.98 Å². The smallest absolute Gasteiger partial charge is 0.0576 e. The van der Waals surface area contributed by atoms with Crippen molar-refractivity contribution in [2.45, 2.75) is 50.0 Å². The molecule has 17 heavy (non-hydrogen) atoms. The summed E-state index contributed by atoms with van der Waals surface area (Å²) in [6.07, 6.45) is 8.62. The van der Waals surface area contributed by atoms with Crippen molar-refractivity contribution in [2.24, 2.45) is 0 Å². The Labute approximate surface area is 108 Å². The second-order valence-corrected chi connectivity index (χ2v) is 5.36. The average Bonchev–Trinajstić information content (AvgIpc) is 2.89. The Hall–Kier alpha value is -0.600. The first-order valence-corrected chi connectivity index (χ1v) is 6.86. The number of nitrogens with zero attached hydrogens (tertiary/aromatic N) is 1. The fourth-order valence-electron chi connectivity index (χ4n) is 2.34. The lowest BCUT2D eigenvalue weighted by atomic mass is 9.94. The molecule has 0 aliphatic carbocycles. The van der Waals surface area contributed by atoms with Crippen LogP contribution in [0.3, 0.4) is 0 Å². The molecule has 0 amide bonds. The number of pyridine rings is 1. The maximum absolute atomic E-state index is 6.47. The minimum Gasteiger partial charge on any atom is -0.378 e. The van der Waals surface area contributed by atoms with Crippen LogP contribution in [0.4, 0.5) is 0 Å². The predicted molar refractivity (Wildman–Crippen MR) is 70.5 cm³/mol. The lowest BCUT2D eigenvalue weighted by molar-refractivity contribution is 0.102. The molecular weight excluding hydrogens is 234 g/mol. The lowest BCUT2D eigenvalue weighted by Crippen LogP contribution is -2.14. The molecule has 0 N–H and O–H groups in total. The highest BCUT2D eigenvalue weighted by Crippen LogP contribution is 2.28. The van der Waals surface area contributed by atoms with Crippen molar-refractivity contribution in [3.05, 3.63) is 30.1 Å². The summed E-state index contributed by atoms with van der Waals surface area (Å²) in [5.41, 5.74) is 1.27. The number of alkyl halides is 1. The monoisotopic (exact) mass is 253 g/mol. The number of rotatable bonds is 5. The molecular formula is C14H20ClNO. The Morgan fingerprint density at radius 2 is 2.24 bits per heavy atom. The zero-order valence-corrected chi connectivity index (χ0v) is 11.1. The first-order chi connectivity index (χ1) is 8.27. The molecule has 1 aliphatic heterocycles. The van der Waals surface area contributed by atoms with Gasteiger partial charge in [0.25, 0.3) is 0 Å². The topological polar surface area (TPSA) is 22.1 Å². The molecule has 2 heterocycles. The summed E-state index contributed by atoms with van der Waals surface area (Å²) >= 11 is 6.47. The van der Waals surface area contributed by atoms with Gasteiger partial charge in [-0.2, -0.15) is 0 Å². The highest BCUT2D eigenvalue weighted by molar-refractivity contribution is 6.21. The second kappa shape index (κ2) is 6.36. The van der Waals surface area contributed by atoms with Crippen molar-refractivity contribution < 1.29 is 4.74 Å². The summed E-state index contributed by atoms with van der Waals surface area (Å²) in [6.45, 7) is 3.11. The van der Waals surface area contributed by atoms with E-state index in [1.807, 2.05) is 24.5 Å². The second-order valence-electron chi connectivity index (χ2n) is 4.80. The normalized spacial score (nSPS) is 23.5. The van der Waals surface area contributed by atoms with E-state index in [2.05, 4.69) is 11.9 Å². The number of halogens is 1. The maximum Gasteiger partial charge on any atom is 0.0576 e. The van der Waals surface area contributed by atoms with Gasteiger partial charge < -0.3 is 4.74 Å². The molecule has 1 aromatic rings. The standard InChI is InChI=1S/C14H20ClNO/c1-11(12-6-8-16-9-7-12)14(15)5-4-13-3-2-10-17-13/h6-9,11,13-14H,2-5,10H2,1H3. The van der Waals surface area contributed by atoms with E-state index < -0.39 is 0 Å². The van der Waals surface area contributed by atoms with Gasteiger partial charge in [-0.15, -0.1) is 11.6 Å². The summed E-state index contributed by atoms with van der Waals surface area (Å²) in [5.74, 6) is 0.376. The van der Waals surface area contributed by atoms with E-state index in [0.717, 1.165) is 19.4 Å². The molecule has 94 valence electrons. The third kappa shape index (κ3) is 3.68. The molecule has 3 heteroatoms. The molecule has 0 radical (unpaired) electrons. The fourth-order valence-corrected chi connectivity index (χ4v) is 2.61. The van der Waals surface area contributed by atoms with Crippen molar-refractivity contribution >= 4 is 11.6 Å². The summed E-state index contributed by atoms with van der Waals surface area (Å²) in [5, 5.41) is 0.182. The van der Waals surface area contributed by atoms with Crippen LogP contribution in [-0.2, 0) is 4.74 Å². The van der Waals surface area contributed by atoms with E-state index >= 15 is 0 Å². The number of hydrogen-bond donors (Lipinski definition) is 0. The van der Waals surface area contributed by atoms with E-state index in [1.165, 1.54) is 18.4 Å². The van der Waals surface area contributed by atoms with Crippen molar-refractivity contribution in [2.75, 3.05) is 6.61 Å². The molecule has 3 unspecified atom stereocenters. The van der Waals surface area contributed by atoms with Crippen molar-refractivity contribution in [3.8, 4) is 0 Å². The van der Waals surface area contributed by atoms with Crippen LogP contribution in [0.25, 0.3) is 0 Å². The predicted octanol–water partition coefficient (Wildman–Crippen LogP) is 3.75. The van der Waals surface area contributed by atoms with E-state index in [1.54, 1.807) is 0 Å². The van der Waals surface area contributed by atoms with Gasteiger partial charge in [0.1, 0.15) is 0 Å². The highest BCUT2D eigenvalue weighted by atomic mass is 35.5. The maximum atomic E-state index is 6.47. The summed E-state index contributed by atoms with van der Waals surface area (Å²) in [6, 6.07) is 4.10. The van der Waals surface area contributed by atoms with E-state index in [-0.39, 0.29) is 5.38 Å². The molecule has 3 atom stereocenters. The van der Waals surface area contributed by atoms with Gasteiger partial charge in [0.15, 0.2) is 0 Å². The third-order valence-electron chi connectivity index (χ3n) is 3.56. The summed E-state index contributed by atoms with van der Waals surface area (Å²) in [4.78, 5) is 4.03. The lowest BCUT2D eigenvalue weighted by Gasteiger charge is -2.19. The van der Waals surface area contributed by atoms with E-state index in [0.29, 0.717) is 12.0 Å². The van der Waals surface area contributed by atoms with Crippen LogP contribution in [0.1, 0.15) is 44.1 Å². The van der Waals surface area contributed by atoms with Crippen LogP contribution in [0, 0.1) is 0 Å². The Bertz CT molecular complexity index is 324. The zero-order valence-electron chi connectivity index (χ0n) is 10.3. The zero-order chi connectivity index (χ0) is 12.1. The Kier molecular flexibility index (Phi) is 4.81. The molecule has 0 saturated carbocycles. The number of aromatic nitrogens is 1. The molecule has 1 fully saturated rings. The van der Waals surface area contributed by atoms with Gasteiger partial charge in [-0.25, -0.2) is 0 Å². The first kappa shape index (κ1) is 12.8. The first-order valence-electron chi connectivity index (χ1n) is 6.43. The summed E-state index contributed by atoms with van der Waals surface area (Å²) < 4.78 is 5.62. The van der Waals surface area contributed by atoms with Crippen molar-refractivity contribution in [1.29, 1.82) is 0 Å². The quantitative estimate of drug-likeness (QED) is 0.746. The molecule has 0 aromatic carbocycles. The van der Waals surface area contributed by atoms with Crippen LogP contribution in [0.5, 0.6) is 0 Å². The summed E-state index contributed by atoms with van der Waals surface area (Å²) in [7, 11) is 0. The Morgan fingerprint density at radius 1 is 1.47 bits per heavy atom. The van der Waals surface area contributed by atoms with Gasteiger partial charge >= 0.3 is 0 Å². The van der Waals surface area contributed by atoms with Gasteiger partial charge in [0.2, 0.25) is 0 Å². The fraction of sp³-hybridized carbons (Fsp3) is 0.643. The molecule has 2 nitrogen and oxygen atoms in total.